The number of hydrazine groups is 3. The van der Waals surface area contributed by atoms with Gasteiger partial charge in [-0.3, -0.25) is 30.7 Å². The van der Waals surface area contributed by atoms with Gasteiger partial charge in [0.15, 0.2) is 0 Å². The zero-order valence-electron chi connectivity index (χ0n) is 9.71. The molecule has 0 unspecified atom stereocenters. The normalized spacial score (nSPS) is 7.76. The minimum absolute atomic E-state index is 0.218. The third-order valence-electron chi connectivity index (χ3n) is 0.907. The van der Waals surface area contributed by atoms with Gasteiger partial charge in [-0.2, -0.15) is 0 Å². The molecule has 0 heterocycles. The highest BCUT2D eigenvalue weighted by atomic mass is 16.2. The van der Waals surface area contributed by atoms with E-state index in [1.54, 1.807) is 0 Å². The molecule has 5 amide bonds. The van der Waals surface area contributed by atoms with Gasteiger partial charge in [-0.25, -0.2) is 21.5 Å². The highest BCUT2D eigenvalue weighted by molar-refractivity contribution is 5.81. The van der Waals surface area contributed by atoms with Gasteiger partial charge in [0.25, 0.3) is 0 Å². The maximum absolute atomic E-state index is 10.6. The van der Waals surface area contributed by atoms with Crippen LogP contribution in [0.5, 0.6) is 0 Å². The van der Waals surface area contributed by atoms with Crippen LogP contribution in [0, 0.1) is 0 Å². The third-order valence-corrected chi connectivity index (χ3v) is 0.907. The van der Waals surface area contributed by atoms with Gasteiger partial charge in [-0.05, 0) is 0 Å². The zero-order chi connectivity index (χ0) is 13.8. The quantitative estimate of drug-likeness (QED) is 0.157. The number of hydrogen-bond acceptors (Lipinski definition) is 5. The van der Waals surface area contributed by atoms with E-state index in [-0.39, 0.29) is 5.91 Å². The first-order chi connectivity index (χ1) is 7.79. The zero-order valence-corrected chi connectivity index (χ0v) is 9.71. The number of rotatable bonds is 0. The fraction of sp³-hybridized carbons (Fsp3) is 0.429. The van der Waals surface area contributed by atoms with Crippen molar-refractivity contribution >= 4 is 23.8 Å². The third kappa shape index (κ3) is 19.9. The first-order valence-electron chi connectivity index (χ1n) is 4.36. The van der Waals surface area contributed by atoms with Crippen LogP contribution in [0.15, 0.2) is 0 Å². The molecule has 0 spiro atoms. The molecule has 0 aromatic rings. The Hall–Kier alpha value is -2.36. The average Bonchev–Trinajstić information content (AvgIpc) is 2.24. The molecule has 0 saturated carbocycles. The summed E-state index contributed by atoms with van der Waals surface area (Å²) in [6.45, 7) is 3.82. The van der Waals surface area contributed by atoms with E-state index in [4.69, 9.17) is 0 Å². The number of nitrogens with two attached hydrogens (primary N) is 1. The van der Waals surface area contributed by atoms with Crippen LogP contribution < -0.4 is 33.0 Å². The lowest BCUT2D eigenvalue weighted by Gasteiger charge is -2.06. The molecule has 17 heavy (non-hydrogen) atoms. The molecule has 0 aliphatic carbocycles. The average molecular weight is 248 g/mol. The Morgan fingerprint density at radius 2 is 1.00 bits per heavy atom. The maximum Gasteiger partial charge on any atom is 0.352 e. The number of carbonyl (C=O) groups is 4. The summed E-state index contributed by atoms with van der Waals surface area (Å²) >= 11 is 0. The molecule has 0 atom stereocenters. The van der Waals surface area contributed by atoms with Crippen LogP contribution in [-0.2, 0) is 14.4 Å². The van der Waals surface area contributed by atoms with Crippen LogP contribution in [0.1, 0.15) is 20.8 Å². The van der Waals surface area contributed by atoms with Gasteiger partial charge in [0.05, 0.1) is 0 Å². The lowest BCUT2D eigenvalue weighted by Crippen LogP contribution is -2.51. The SMILES string of the molecule is CC(=O)NN.CC(=O)NNC(=O)NNC(C)=O. The lowest BCUT2D eigenvalue weighted by molar-refractivity contribution is -0.120. The fourth-order valence-electron chi connectivity index (χ4n) is 0.321. The van der Waals surface area contributed by atoms with E-state index >= 15 is 0 Å². The molecule has 7 N–H and O–H groups in total. The first kappa shape index (κ1) is 17.0. The van der Waals surface area contributed by atoms with Crippen molar-refractivity contribution in [2.45, 2.75) is 20.8 Å². The molecule has 10 heteroatoms. The molecule has 0 radical (unpaired) electrons. The molecule has 0 aromatic heterocycles. The van der Waals surface area contributed by atoms with Crippen molar-refractivity contribution in [2.24, 2.45) is 5.84 Å². The molecule has 10 nitrogen and oxygen atoms in total. The van der Waals surface area contributed by atoms with Gasteiger partial charge in [0, 0.05) is 20.8 Å². The molecular weight excluding hydrogens is 232 g/mol. The maximum atomic E-state index is 10.6. The molecule has 0 saturated heterocycles. The highest BCUT2D eigenvalue weighted by Crippen LogP contribution is 1.59. The number of carbonyl (C=O) groups excluding carboxylic acids is 4. The summed E-state index contributed by atoms with van der Waals surface area (Å²) in [7, 11) is 0. The topological polar surface area (TPSA) is 154 Å². The second kappa shape index (κ2) is 10.2. The molecule has 98 valence electrons. The van der Waals surface area contributed by atoms with E-state index in [1.165, 1.54) is 20.8 Å². The van der Waals surface area contributed by atoms with Gasteiger partial charge in [-0.1, -0.05) is 0 Å². The summed E-state index contributed by atoms with van der Waals surface area (Å²) in [6.07, 6.45) is 0. The van der Waals surface area contributed by atoms with Gasteiger partial charge in [0.1, 0.15) is 0 Å². The Balaban J connectivity index is 0. The Morgan fingerprint density at radius 1 is 0.706 bits per heavy atom. The van der Waals surface area contributed by atoms with Crippen LogP contribution in [-0.4, -0.2) is 23.8 Å². The van der Waals surface area contributed by atoms with Crippen molar-refractivity contribution in [3.63, 3.8) is 0 Å². The predicted molar refractivity (Wildman–Crippen MR) is 57.3 cm³/mol. The van der Waals surface area contributed by atoms with E-state index in [0.717, 1.165) is 0 Å². The van der Waals surface area contributed by atoms with Crippen molar-refractivity contribution in [2.75, 3.05) is 0 Å². The van der Waals surface area contributed by atoms with Gasteiger partial charge < -0.3 is 0 Å². The summed E-state index contributed by atoms with van der Waals surface area (Å²) < 4.78 is 0. The number of amides is 5. The minimum Gasteiger partial charge on any atom is -0.295 e. The van der Waals surface area contributed by atoms with Crippen molar-refractivity contribution in [1.82, 2.24) is 27.1 Å². The highest BCUT2D eigenvalue weighted by Gasteiger charge is 1.98. The number of hydrogen-bond donors (Lipinski definition) is 6. The number of nitrogens with one attached hydrogen (secondary N) is 5. The van der Waals surface area contributed by atoms with E-state index < -0.39 is 17.8 Å². The predicted octanol–water partition coefficient (Wildman–Crippen LogP) is -2.62. The Bertz CT molecular complexity index is 272. The molecule has 0 aromatic carbocycles. The lowest BCUT2D eigenvalue weighted by atomic mass is 10.7. The monoisotopic (exact) mass is 248 g/mol. The summed E-state index contributed by atoms with van der Waals surface area (Å²) in [5, 5.41) is 0. The van der Waals surface area contributed by atoms with Gasteiger partial charge in [0.2, 0.25) is 17.7 Å². The Morgan fingerprint density at radius 3 is 1.18 bits per heavy atom. The van der Waals surface area contributed by atoms with Crippen molar-refractivity contribution in [3.05, 3.63) is 0 Å². The second-order valence-electron chi connectivity index (χ2n) is 2.64. The van der Waals surface area contributed by atoms with E-state index in [2.05, 4.69) is 5.84 Å². The fourth-order valence-corrected chi connectivity index (χ4v) is 0.321. The summed E-state index contributed by atoms with van der Waals surface area (Å²) in [6, 6.07) is -0.722. The van der Waals surface area contributed by atoms with Crippen LogP contribution >= 0.6 is 0 Å². The molecule has 0 rings (SSSR count). The Labute approximate surface area is 97.6 Å². The largest absolute Gasteiger partial charge is 0.352 e. The summed E-state index contributed by atoms with van der Waals surface area (Å²) in [5.74, 6) is 3.54. The smallest absolute Gasteiger partial charge is 0.295 e. The Kier molecular flexibility index (Phi) is 10.2. The van der Waals surface area contributed by atoms with E-state index in [9.17, 15) is 19.2 Å². The number of urea groups is 1. The van der Waals surface area contributed by atoms with Crippen molar-refractivity contribution in [3.8, 4) is 0 Å². The van der Waals surface area contributed by atoms with Crippen LogP contribution in [0.2, 0.25) is 0 Å². The van der Waals surface area contributed by atoms with E-state index in [0.29, 0.717) is 0 Å². The molecule has 0 aliphatic heterocycles. The molecular formula is C7H16N6O4. The minimum atomic E-state index is -0.722. The summed E-state index contributed by atoms with van der Waals surface area (Å²) in [5.41, 5.74) is 9.87. The molecule has 0 fully saturated rings. The van der Waals surface area contributed by atoms with Crippen LogP contribution in [0.3, 0.4) is 0 Å². The molecule has 0 aliphatic rings. The van der Waals surface area contributed by atoms with Gasteiger partial charge in [-0.15, -0.1) is 0 Å². The first-order valence-corrected chi connectivity index (χ1v) is 4.36. The van der Waals surface area contributed by atoms with E-state index in [1.807, 2.05) is 27.1 Å². The molecule has 0 bridgehead atoms. The van der Waals surface area contributed by atoms with Crippen molar-refractivity contribution < 1.29 is 19.2 Å². The standard InChI is InChI=1S/C5H10N4O3.C2H6N2O/c1-3(10)6-8-5(12)9-7-4(2)11;1-2(5)4-3/h1-2H3,(H,6,10)(H,7,11)(H2,8,9,12);3H2,1H3,(H,4,5). The van der Waals surface area contributed by atoms with Gasteiger partial charge >= 0.3 is 6.03 Å². The van der Waals surface area contributed by atoms with Crippen molar-refractivity contribution in [1.29, 1.82) is 0 Å². The summed E-state index contributed by atoms with van der Waals surface area (Å²) in [4.78, 5) is 40.7. The second-order valence-corrected chi connectivity index (χ2v) is 2.64. The van der Waals surface area contributed by atoms with Crippen LogP contribution in [0.25, 0.3) is 0 Å². The van der Waals surface area contributed by atoms with Crippen LogP contribution in [0.4, 0.5) is 4.79 Å².